The third-order valence-electron chi connectivity index (χ3n) is 5.66. The van der Waals surface area contributed by atoms with Gasteiger partial charge in [-0.05, 0) is 50.8 Å². The fourth-order valence-corrected chi connectivity index (χ4v) is 3.88. The van der Waals surface area contributed by atoms with Crippen molar-refractivity contribution in [1.82, 2.24) is 15.1 Å². The number of halogens is 3. The van der Waals surface area contributed by atoms with Crippen LogP contribution in [0.1, 0.15) is 58.3 Å². The number of hydrogen-bond donors (Lipinski definition) is 2. The molecule has 1 aliphatic heterocycles. The molecule has 4 rings (SSSR count). The number of carboxylic acid groups (broad SMARTS) is 1. The molecule has 180 valence electrons. The first-order valence-electron chi connectivity index (χ1n) is 10.7. The number of aryl methyl sites for hydroxylation is 1. The van der Waals surface area contributed by atoms with Crippen molar-refractivity contribution in [2.75, 3.05) is 11.9 Å². The molecule has 3 aromatic rings. The molecule has 2 atom stereocenters. The number of nitrogens with one attached hydrogen (secondary N) is 1. The van der Waals surface area contributed by atoms with Crippen LogP contribution in [0.5, 0.6) is 0 Å². The molecule has 1 saturated heterocycles. The Hall–Kier alpha value is -3.47. The number of nitrogens with zero attached hydrogens (tertiary/aromatic N) is 3. The van der Waals surface area contributed by atoms with E-state index in [0.717, 1.165) is 25.0 Å². The van der Waals surface area contributed by atoms with Gasteiger partial charge in [0.1, 0.15) is 11.6 Å². The fraction of sp³-hybridized carbons (Fsp3) is 0.391. The molecule has 8 nitrogen and oxygen atoms in total. The van der Waals surface area contributed by atoms with Crippen LogP contribution in [0.15, 0.2) is 34.9 Å². The van der Waals surface area contributed by atoms with Gasteiger partial charge in [-0.15, -0.1) is 0 Å². The van der Waals surface area contributed by atoms with Gasteiger partial charge in [0.15, 0.2) is 17.2 Å². The van der Waals surface area contributed by atoms with E-state index in [-0.39, 0.29) is 23.7 Å². The summed E-state index contributed by atoms with van der Waals surface area (Å²) < 4.78 is 49.7. The Bertz CT molecular complexity index is 1180. The lowest BCUT2D eigenvalue weighted by Crippen LogP contribution is -2.29. The summed E-state index contributed by atoms with van der Waals surface area (Å²) in [5.41, 5.74) is 0.524. The zero-order valence-corrected chi connectivity index (χ0v) is 18.5. The molecule has 0 radical (unpaired) electrons. The van der Waals surface area contributed by atoms with Gasteiger partial charge in [0.2, 0.25) is 0 Å². The van der Waals surface area contributed by atoms with Crippen molar-refractivity contribution in [3.8, 4) is 11.5 Å². The second kappa shape index (κ2) is 9.41. The average Bonchev–Trinajstić information content (AvgIpc) is 3.24. The van der Waals surface area contributed by atoms with Gasteiger partial charge in [-0.1, -0.05) is 17.3 Å². The average molecular weight is 476 g/mol. The summed E-state index contributed by atoms with van der Waals surface area (Å²) in [4.78, 5) is 20.2. The van der Waals surface area contributed by atoms with Crippen LogP contribution in [-0.4, -0.2) is 38.8 Å². The van der Waals surface area contributed by atoms with E-state index in [9.17, 15) is 23.1 Å². The largest absolute Gasteiger partial charge is 0.476 e. The van der Waals surface area contributed by atoms with Crippen molar-refractivity contribution >= 4 is 11.8 Å². The minimum atomic E-state index is -4.38. The zero-order chi connectivity index (χ0) is 24.5. The Morgan fingerprint density at radius 2 is 1.91 bits per heavy atom. The summed E-state index contributed by atoms with van der Waals surface area (Å²) >= 11 is 0. The van der Waals surface area contributed by atoms with Crippen LogP contribution in [0.25, 0.3) is 11.5 Å². The Morgan fingerprint density at radius 3 is 2.53 bits per heavy atom. The first-order valence-corrected chi connectivity index (χ1v) is 10.7. The molecular weight excluding hydrogens is 453 g/mol. The Labute approximate surface area is 193 Å². The monoisotopic (exact) mass is 476 g/mol. The van der Waals surface area contributed by atoms with Crippen LogP contribution >= 0.6 is 0 Å². The van der Waals surface area contributed by atoms with Gasteiger partial charge >= 0.3 is 12.1 Å². The molecule has 2 unspecified atom stereocenters. The molecule has 0 spiro atoms. The summed E-state index contributed by atoms with van der Waals surface area (Å²) in [5.74, 6) is -0.200. The molecule has 1 fully saturated rings. The molecule has 0 bridgehead atoms. The van der Waals surface area contributed by atoms with Crippen molar-refractivity contribution in [3.63, 3.8) is 0 Å². The third-order valence-corrected chi connectivity index (χ3v) is 5.66. The number of aromatic carboxylic acids is 1. The van der Waals surface area contributed by atoms with E-state index in [1.165, 1.54) is 12.1 Å². The van der Waals surface area contributed by atoms with E-state index < -0.39 is 17.7 Å². The van der Waals surface area contributed by atoms with Gasteiger partial charge in [0.25, 0.3) is 0 Å². The van der Waals surface area contributed by atoms with Gasteiger partial charge in [0.05, 0.1) is 17.8 Å². The van der Waals surface area contributed by atoms with Crippen LogP contribution in [0.2, 0.25) is 0 Å². The van der Waals surface area contributed by atoms with E-state index in [0.29, 0.717) is 41.4 Å². The molecule has 3 heterocycles. The molecule has 2 aromatic heterocycles. The first-order chi connectivity index (χ1) is 16.1. The highest BCUT2D eigenvalue weighted by molar-refractivity contribution is 5.89. The van der Waals surface area contributed by atoms with Crippen molar-refractivity contribution in [1.29, 1.82) is 0 Å². The van der Waals surface area contributed by atoms with Crippen molar-refractivity contribution in [2.45, 2.75) is 51.5 Å². The summed E-state index contributed by atoms with van der Waals surface area (Å²) in [6.07, 6.45) is -2.65. The van der Waals surface area contributed by atoms with Crippen LogP contribution in [-0.2, 0) is 10.9 Å². The normalized spacial score (nSPS) is 18.6. The minimum absolute atomic E-state index is 0.120. The number of alkyl halides is 3. The highest BCUT2D eigenvalue weighted by Crippen LogP contribution is 2.34. The molecule has 1 aromatic carbocycles. The maximum atomic E-state index is 12.8. The van der Waals surface area contributed by atoms with Crippen LogP contribution in [0.3, 0.4) is 0 Å². The molecule has 1 aliphatic rings. The standard InChI is InChI=1S/C23H23F3N4O4/c1-12-10-17(30-34-12)21-28-19(22(31)32)13(2)20(29-21)27-11-16-4-3-5-18(33-16)14-6-8-15(9-7-14)23(24,25)26/h6-10,16,18H,3-5,11H2,1-2H3,(H,31,32)(H,27,28,29). The molecule has 0 saturated carbocycles. The van der Waals surface area contributed by atoms with Gasteiger partial charge < -0.3 is 19.7 Å². The van der Waals surface area contributed by atoms with Crippen molar-refractivity contribution in [3.05, 3.63) is 58.5 Å². The Kier molecular flexibility index (Phi) is 6.56. The number of ether oxygens (including phenoxy) is 1. The second-order valence-corrected chi connectivity index (χ2v) is 8.18. The van der Waals surface area contributed by atoms with E-state index in [1.54, 1.807) is 19.9 Å². The highest BCUT2D eigenvalue weighted by atomic mass is 19.4. The third kappa shape index (κ3) is 5.19. The first kappa shape index (κ1) is 23.7. The smallest absolute Gasteiger partial charge is 0.416 e. The van der Waals surface area contributed by atoms with E-state index in [2.05, 4.69) is 20.4 Å². The predicted molar refractivity (Wildman–Crippen MR) is 115 cm³/mol. The number of hydrogen-bond acceptors (Lipinski definition) is 7. The summed E-state index contributed by atoms with van der Waals surface area (Å²) in [7, 11) is 0. The number of anilines is 1. The Morgan fingerprint density at radius 1 is 1.18 bits per heavy atom. The van der Waals surface area contributed by atoms with E-state index >= 15 is 0 Å². The molecule has 11 heteroatoms. The molecule has 0 amide bonds. The quantitative estimate of drug-likeness (QED) is 0.500. The maximum absolute atomic E-state index is 12.8. The fourth-order valence-electron chi connectivity index (χ4n) is 3.88. The Balaban J connectivity index is 1.48. The minimum Gasteiger partial charge on any atom is -0.476 e. The number of carboxylic acids is 1. The summed E-state index contributed by atoms with van der Waals surface area (Å²) in [6, 6.07) is 6.63. The second-order valence-electron chi connectivity index (χ2n) is 8.18. The van der Waals surface area contributed by atoms with E-state index in [1.807, 2.05) is 0 Å². The number of carbonyl (C=O) groups is 1. The summed E-state index contributed by atoms with van der Waals surface area (Å²) in [6.45, 7) is 3.65. The predicted octanol–water partition coefficient (Wildman–Crippen LogP) is 5.19. The van der Waals surface area contributed by atoms with Gasteiger partial charge in [-0.25, -0.2) is 14.8 Å². The lowest BCUT2D eigenvalue weighted by molar-refractivity contribution is -0.137. The zero-order valence-electron chi connectivity index (χ0n) is 18.5. The summed E-state index contributed by atoms with van der Waals surface area (Å²) in [5, 5.41) is 16.6. The number of rotatable bonds is 6. The van der Waals surface area contributed by atoms with Crippen LogP contribution < -0.4 is 5.32 Å². The van der Waals surface area contributed by atoms with Crippen LogP contribution in [0.4, 0.5) is 19.0 Å². The molecular formula is C23H23F3N4O4. The molecule has 2 N–H and O–H groups in total. The molecule has 34 heavy (non-hydrogen) atoms. The van der Waals surface area contributed by atoms with Crippen LogP contribution in [0, 0.1) is 13.8 Å². The maximum Gasteiger partial charge on any atom is 0.416 e. The van der Waals surface area contributed by atoms with Gasteiger partial charge in [-0.2, -0.15) is 13.2 Å². The van der Waals surface area contributed by atoms with E-state index in [4.69, 9.17) is 9.26 Å². The van der Waals surface area contributed by atoms with Gasteiger partial charge in [0, 0.05) is 18.2 Å². The number of benzene rings is 1. The van der Waals surface area contributed by atoms with Crippen molar-refractivity contribution in [2.24, 2.45) is 0 Å². The highest BCUT2D eigenvalue weighted by Gasteiger charge is 2.31. The van der Waals surface area contributed by atoms with Crippen molar-refractivity contribution < 1.29 is 32.3 Å². The molecule has 0 aliphatic carbocycles. The van der Waals surface area contributed by atoms with Gasteiger partial charge in [-0.3, -0.25) is 0 Å². The lowest BCUT2D eigenvalue weighted by Gasteiger charge is -2.31. The SMILES string of the molecule is Cc1cc(-c2nc(NCC3CCCC(c4ccc(C(F)(F)F)cc4)O3)c(C)c(C(=O)O)n2)no1. The topological polar surface area (TPSA) is 110 Å². The number of aromatic nitrogens is 3. The lowest BCUT2D eigenvalue weighted by atomic mass is 9.97.